The average Bonchev–Trinajstić information content (AvgIpc) is 2.84. The Balaban J connectivity index is 2.38. The van der Waals surface area contributed by atoms with E-state index >= 15 is 0 Å². The zero-order chi connectivity index (χ0) is 9.42. The lowest BCUT2D eigenvalue weighted by molar-refractivity contribution is 0.133. The fourth-order valence-corrected chi connectivity index (χ4v) is 1.32. The number of halogens is 2. The van der Waals surface area contributed by atoms with Crippen LogP contribution in [0, 0.1) is 0 Å². The lowest BCUT2D eigenvalue weighted by Crippen LogP contribution is -2.06. The molecule has 4 nitrogen and oxygen atoms in total. The minimum atomic E-state index is -2.62. The second-order valence-electron chi connectivity index (χ2n) is 3.03. The normalized spacial score (nSPS) is 16.9. The van der Waals surface area contributed by atoms with Gasteiger partial charge in [0.05, 0.1) is 0 Å². The van der Waals surface area contributed by atoms with Gasteiger partial charge in [0.1, 0.15) is 6.61 Å². The lowest BCUT2D eigenvalue weighted by Gasteiger charge is -2.05. The molecule has 1 aliphatic rings. The summed E-state index contributed by atoms with van der Waals surface area (Å²) in [6, 6.07) is 0.0705. The van der Waals surface area contributed by atoms with Crippen LogP contribution in [-0.4, -0.2) is 19.9 Å². The molecule has 2 rings (SSSR count). The molecule has 1 aliphatic carbocycles. The third kappa shape index (κ3) is 1.41. The van der Waals surface area contributed by atoms with E-state index in [0.717, 1.165) is 12.8 Å². The minimum absolute atomic E-state index is 0.0705. The zero-order valence-electron chi connectivity index (χ0n) is 6.82. The van der Waals surface area contributed by atoms with E-state index in [4.69, 9.17) is 5.11 Å². The molecular formula is C7H9F2N3O. The molecule has 0 spiro atoms. The molecule has 0 bridgehead atoms. The molecule has 72 valence electrons. The van der Waals surface area contributed by atoms with Gasteiger partial charge in [0.2, 0.25) is 5.82 Å². The Bertz CT molecular complexity index is 309. The molecule has 1 saturated carbocycles. The maximum atomic E-state index is 12.4. The number of nitrogens with zero attached hydrogens (tertiary/aromatic N) is 3. The van der Waals surface area contributed by atoms with Crippen molar-refractivity contribution >= 4 is 0 Å². The molecule has 1 aromatic heterocycles. The second-order valence-corrected chi connectivity index (χ2v) is 3.03. The number of aromatic nitrogens is 3. The molecule has 13 heavy (non-hydrogen) atoms. The van der Waals surface area contributed by atoms with E-state index in [0.29, 0.717) is 0 Å². The van der Waals surface area contributed by atoms with Crippen LogP contribution < -0.4 is 0 Å². The molecule has 0 atom stereocenters. The van der Waals surface area contributed by atoms with Gasteiger partial charge in [-0.25, -0.2) is 8.78 Å². The highest BCUT2D eigenvalue weighted by Gasteiger charge is 2.31. The van der Waals surface area contributed by atoms with Gasteiger partial charge in [-0.3, -0.25) is 0 Å². The van der Waals surface area contributed by atoms with Gasteiger partial charge in [0, 0.05) is 6.04 Å². The van der Waals surface area contributed by atoms with Crippen molar-refractivity contribution in [1.29, 1.82) is 0 Å². The molecule has 1 fully saturated rings. The molecule has 1 heterocycles. The average molecular weight is 189 g/mol. The molecule has 6 heteroatoms. The predicted octanol–water partition coefficient (Wildman–Crippen LogP) is 1.04. The first kappa shape index (κ1) is 8.55. The van der Waals surface area contributed by atoms with Gasteiger partial charge < -0.3 is 9.67 Å². The van der Waals surface area contributed by atoms with Crippen LogP contribution in [0.3, 0.4) is 0 Å². The molecule has 0 radical (unpaired) electrons. The summed E-state index contributed by atoms with van der Waals surface area (Å²) < 4.78 is 26.1. The van der Waals surface area contributed by atoms with Crippen LogP contribution in [0.4, 0.5) is 8.78 Å². The van der Waals surface area contributed by atoms with Crippen LogP contribution in [0.25, 0.3) is 0 Å². The van der Waals surface area contributed by atoms with E-state index in [2.05, 4.69) is 10.2 Å². The van der Waals surface area contributed by atoms with Crippen molar-refractivity contribution in [2.75, 3.05) is 0 Å². The Hall–Kier alpha value is -1.04. The Labute approximate surface area is 73.2 Å². The van der Waals surface area contributed by atoms with Crippen LogP contribution >= 0.6 is 0 Å². The number of hydrogen-bond acceptors (Lipinski definition) is 3. The highest BCUT2D eigenvalue weighted by Crippen LogP contribution is 2.38. The first-order chi connectivity index (χ1) is 6.24. The van der Waals surface area contributed by atoms with E-state index in [1.54, 1.807) is 0 Å². The maximum Gasteiger partial charge on any atom is 0.297 e. The summed E-state index contributed by atoms with van der Waals surface area (Å²) in [7, 11) is 0. The first-order valence-corrected chi connectivity index (χ1v) is 4.06. The summed E-state index contributed by atoms with van der Waals surface area (Å²) in [6.45, 7) is -0.337. The van der Waals surface area contributed by atoms with Gasteiger partial charge in [-0.05, 0) is 12.8 Å². The fraction of sp³-hybridized carbons (Fsp3) is 0.714. The standard InChI is InChI=1S/C7H9F2N3O/c8-6(9)7-11-10-5(3-13)12(7)4-1-2-4/h4,6,13H,1-3H2. The maximum absolute atomic E-state index is 12.4. The van der Waals surface area contributed by atoms with Crippen LogP contribution in [0.5, 0.6) is 0 Å². The predicted molar refractivity (Wildman–Crippen MR) is 39.2 cm³/mol. The Morgan fingerprint density at radius 3 is 2.62 bits per heavy atom. The number of aliphatic hydroxyl groups excluding tert-OH is 1. The van der Waals surface area contributed by atoms with Crippen LogP contribution in [0.15, 0.2) is 0 Å². The smallest absolute Gasteiger partial charge is 0.297 e. The fourth-order valence-electron chi connectivity index (χ4n) is 1.32. The monoisotopic (exact) mass is 189 g/mol. The van der Waals surface area contributed by atoms with Crippen molar-refractivity contribution < 1.29 is 13.9 Å². The summed E-state index contributed by atoms with van der Waals surface area (Å²) >= 11 is 0. The van der Waals surface area contributed by atoms with Crippen molar-refractivity contribution in [2.45, 2.75) is 31.9 Å². The van der Waals surface area contributed by atoms with Crippen molar-refractivity contribution in [3.8, 4) is 0 Å². The summed E-state index contributed by atoms with van der Waals surface area (Å²) in [5.74, 6) is -0.0932. The molecule has 0 aromatic carbocycles. The number of aliphatic hydroxyl groups is 1. The molecule has 0 unspecified atom stereocenters. The third-order valence-electron chi connectivity index (χ3n) is 2.04. The van der Waals surface area contributed by atoms with E-state index < -0.39 is 6.43 Å². The van der Waals surface area contributed by atoms with Crippen LogP contribution in [0.2, 0.25) is 0 Å². The molecule has 0 amide bonds. The number of alkyl halides is 2. The first-order valence-electron chi connectivity index (χ1n) is 4.06. The van der Waals surface area contributed by atoms with Crippen molar-refractivity contribution in [3.63, 3.8) is 0 Å². The second kappa shape index (κ2) is 3.02. The highest BCUT2D eigenvalue weighted by molar-refractivity contribution is 5.02. The molecular weight excluding hydrogens is 180 g/mol. The lowest BCUT2D eigenvalue weighted by atomic mass is 10.5. The minimum Gasteiger partial charge on any atom is -0.388 e. The van der Waals surface area contributed by atoms with Crippen molar-refractivity contribution in [3.05, 3.63) is 11.6 Å². The van der Waals surface area contributed by atoms with Crippen LogP contribution in [-0.2, 0) is 6.61 Å². The van der Waals surface area contributed by atoms with Crippen molar-refractivity contribution in [2.24, 2.45) is 0 Å². The van der Waals surface area contributed by atoms with Crippen molar-refractivity contribution in [1.82, 2.24) is 14.8 Å². The van der Waals surface area contributed by atoms with Gasteiger partial charge in [-0.1, -0.05) is 0 Å². The SMILES string of the molecule is OCc1nnc(C(F)F)n1C1CC1. The van der Waals surface area contributed by atoms with Gasteiger partial charge >= 0.3 is 0 Å². The molecule has 1 N–H and O–H groups in total. The molecule has 0 saturated heterocycles. The number of rotatable bonds is 3. The third-order valence-corrected chi connectivity index (χ3v) is 2.04. The van der Waals surface area contributed by atoms with Gasteiger partial charge in [-0.2, -0.15) is 0 Å². The topological polar surface area (TPSA) is 50.9 Å². The van der Waals surface area contributed by atoms with E-state index in [-0.39, 0.29) is 24.3 Å². The summed E-state index contributed by atoms with van der Waals surface area (Å²) in [5.41, 5.74) is 0. The van der Waals surface area contributed by atoms with Gasteiger partial charge in [0.15, 0.2) is 5.82 Å². The van der Waals surface area contributed by atoms with E-state index in [1.165, 1.54) is 4.57 Å². The Morgan fingerprint density at radius 1 is 1.46 bits per heavy atom. The molecule has 0 aliphatic heterocycles. The Kier molecular flexibility index (Phi) is 1.99. The van der Waals surface area contributed by atoms with E-state index in [1.807, 2.05) is 0 Å². The summed E-state index contributed by atoms with van der Waals surface area (Å²) in [4.78, 5) is 0. The van der Waals surface area contributed by atoms with E-state index in [9.17, 15) is 8.78 Å². The van der Waals surface area contributed by atoms with Gasteiger partial charge in [0.25, 0.3) is 6.43 Å². The Morgan fingerprint density at radius 2 is 2.15 bits per heavy atom. The summed E-state index contributed by atoms with van der Waals surface area (Å²) in [6.07, 6.45) is -0.886. The van der Waals surface area contributed by atoms with Gasteiger partial charge in [-0.15, -0.1) is 10.2 Å². The highest BCUT2D eigenvalue weighted by atomic mass is 19.3. The summed E-state index contributed by atoms with van der Waals surface area (Å²) in [5, 5.41) is 15.7. The quantitative estimate of drug-likeness (QED) is 0.772. The molecule has 1 aromatic rings. The number of hydrogen-bond donors (Lipinski definition) is 1. The van der Waals surface area contributed by atoms with Crippen LogP contribution in [0.1, 0.15) is 37.0 Å². The largest absolute Gasteiger partial charge is 0.388 e. The zero-order valence-corrected chi connectivity index (χ0v) is 6.82.